The molecule has 0 N–H and O–H groups in total. The molecule has 4 rings (SSSR count). The third kappa shape index (κ3) is 3.02. The fraction of sp³-hybridized carbons (Fsp3) is 0.0909. The maximum Gasteiger partial charge on any atom is 0.276 e. The molecule has 4 aromatic rings. The molecule has 0 unspecified atom stereocenters. The van der Waals surface area contributed by atoms with Crippen LogP contribution in [0.2, 0.25) is 0 Å². The maximum atomic E-state index is 13.1. The molecule has 144 valence electrons. The monoisotopic (exact) mass is 386 g/mol. The molecule has 0 aliphatic rings. The minimum atomic E-state index is -0.463. The van der Waals surface area contributed by atoms with E-state index < -0.39 is 4.92 Å². The van der Waals surface area contributed by atoms with Crippen LogP contribution >= 0.6 is 0 Å². The van der Waals surface area contributed by atoms with Gasteiger partial charge in [-0.3, -0.25) is 14.9 Å². The number of carbonyl (C=O) groups excluding carboxylic acids is 1. The number of carbonyl (C=O) groups is 1. The summed E-state index contributed by atoms with van der Waals surface area (Å²) in [5.74, 6) is -0.260. The molecule has 0 radical (unpaired) electrons. The van der Waals surface area contributed by atoms with E-state index in [4.69, 9.17) is 0 Å². The van der Waals surface area contributed by atoms with Gasteiger partial charge in [-0.15, -0.1) is 6.58 Å². The molecule has 29 heavy (non-hydrogen) atoms. The Morgan fingerprint density at radius 2 is 1.86 bits per heavy atom. The third-order valence-corrected chi connectivity index (χ3v) is 4.80. The predicted octanol–water partition coefficient (Wildman–Crippen LogP) is 4.59. The number of nitro benzene ring substituents is 1. The molecule has 2 aromatic heterocycles. The lowest BCUT2D eigenvalue weighted by Gasteiger charge is -2.03. The summed E-state index contributed by atoms with van der Waals surface area (Å²) in [5, 5.41) is 15.8. The van der Waals surface area contributed by atoms with E-state index in [-0.39, 0.29) is 11.5 Å². The van der Waals surface area contributed by atoms with Crippen LogP contribution in [0.5, 0.6) is 0 Å². The lowest BCUT2D eigenvalue weighted by Crippen LogP contribution is -2.02. The highest BCUT2D eigenvalue weighted by molar-refractivity contribution is 6.12. The summed E-state index contributed by atoms with van der Waals surface area (Å²) in [6, 6.07) is 14.1. The highest BCUT2D eigenvalue weighted by Crippen LogP contribution is 2.27. The van der Waals surface area contributed by atoms with Crippen molar-refractivity contribution in [1.29, 1.82) is 0 Å². The summed E-state index contributed by atoms with van der Waals surface area (Å²) in [5.41, 5.74) is 3.92. The van der Waals surface area contributed by atoms with Crippen molar-refractivity contribution < 1.29 is 9.72 Å². The van der Waals surface area contributed by atoms with Gasteiger partial charge in [-0.1, -0.05) is 30.3 Å². The fourth-order valence-corrected chi connectivity index (χ4v) is 3.56. The van der Waals surface area contributed by atoms with Gasteiger partial charge in [0.1, 0.15) is 5.65 Å². The second kappa shape index (κ2) is 7.20. The van der Waals surface area contributed by atoms with Crippen LogP contribution in [0.1, 0.15) is 21.6 Å². The summed E-state index contributed by atoms with van der Waals surface area (Å²) in [6.07, 6.45) is 4.61. The van der Waals surface area contributed by atoms with E-state index in [0.29, 0.717) is 29.0 Å². The number of nitro groups is 1. The Balaban J connectivity index is 1.86. The van der Waals surface area contributed by atoms with Crippen molar-refractivity contribution in [1.82, 2.24) is 14.2 Å². The zero-order chi connectivity index (χ0) is 20.5. The van der Waals surface area contributed by atoms with Crippen LogP contribution in [0.15, 0.2) is 67.3 Å². The van der Waals surface area contributed by atoms with Gasteiger partial charge >= 0.3 is 0 Å². The van der Waals surface area contributed by atoms with Gasteiger partial charge in [0.15, 0.2) is 5.78 Å². The number of benzene rings is 2. The molecule has 0 fully saturated rings. The molecular formula is C22H18N4O3. The number of ketones is 1. The highest BCUT2D eigenvalue weighted by atomic mass is 16.6. The Morgan fingerprint density at radius 3 is 2.59 bits per heavy atom. The number of imidazole rings is 1. The summed E-state index contributed by atoms with van der Waals surface area (Å²) in [6.45, 7) is 6.13. The Labute approximate surface area is 166 Å². The lowest BCUT2D eigenvalue weighted by molar-refractivity contribution is -0.385. The Kier molecular flexibility index (Phi) is 4.56. The Morgan fingerprint density at radius 1 is 1.17 bits per heavy atom. The van der Waals surface area contributed by atoms with Crippen molar-refractivity contribution in [2.24, 2.45) is 0 Å². The number of aromatic nitrogens is 3. The van der Waals surface area contributed by atoms with E-state index >= 15 is 0 Å². The molecule has 0 saturated heterocycles. The SMILES string of the molecule is C=CCn1c2ccccc2n2nc(C)c(C(=O)C=Cc3ccccc3[N+](=O)[O-])c12. The number of rotatable bonds is 6. The molecule has 7 nitrogen and oxygen atoms in total. The van der Waals surface area contributed by atoms with Crippen LogP contribution in [-0.4, -0.2) is 24.9 Å². The highest BCUT2D eigenvalue weighted by Gasteiger charge is 2.22. The van der Waals surface area contributed by atoms with E-state index in [1.807, 2.05) is 28.8 Å². The van der Waals surface area contributed by atoms with Crippen LogP contribution in [-0.2, 0) is 6.54 Å². The van der Waals surface area contributed by atoms with Crippen LogP contribution in [0.25, 0.3) is 22.8 Å². The van der Waals surface area contributed by atoms with Crippen molar-refractivity contribution in [2.75, 3.05) is 0 Å². The average Bonchev–Trinajstić information content (AvgIpc) is 3.20. The first-order valence-electron chi connectivity index (χ1n) is 9.06. The van der Waals surface area contributed by atoms with Gasteiger partial charge in [0.25, 0.3) is 5.69 Å². The van der Waals surface area contributed by atoms with E-state index in [2.05, 4.69) is 11.7 Å². The molecule has 0 atom stereocenters. The molecule has 0 aliphatic heterocycles. The van der Waals surface area contributed by atoms with Gasteiger partial charge in [-0.2, -0.15) is 5.10 Å². The number of para-hydroxylation sites is 3. The minimum absolute atomic E-state index is 0.0470. The maximum absolute atomic E-state index is 13.1. The van der Waals surface area contributed by atoms with Gasteiger partial charge in [-0.05, 0) is 37.3 Å². The molecule has 0 spiro atoms. The molecule has 0 bridgehead atoms. The molecule has 0 amide bonds. The van der Waals surface area contributed by atoms with E-state index in [0.717, 1.165) is 11.0 Å². The van der Waals surface area contributed by atoms with Gasteiger partial charge in [0, 0.05) is 12.6 Å². The number of aryl methyl sites for hydroxylation is 1. The van der Waals surface area contributed by atoms with E-state index in [9.17, 15) is 14.9 Å². The van der Waals surface area contributed by atoms with E-state index in [1.165, 1.54) is 18.2 Å². The molecule has 0 aliphatic carbocycles. The molecule has 7 heteroatoms. The van der Waals surface area contributed by atoms with Crippen molar-refractivity contribution >= 4 is 34.2 Å². The largest absolute Gasteiger partial charge is 0.320 e. The van der Waals surface area contributed by atoms with Gasteiger partial charge in [0.05, 0.1) is 32.8 Å². The summed E-state index contributed by atoms with van der Waals surface area (Å²) >= 11 is 0. The standard InChI is InChI=1S/C22H18N4O3/c1-3-14-24-18-10-6-7-11-19(18)25-22(24)21(15(2)23-25)20(27)13-12-16-8-4-5-9-17(16)26(28)29/h3-13H,1,14H2,2H3. The zero-order valence-corrected chi connectivity index (χ0v) is 15.8. The topological polar surface area (TPSA) is 82.4 Å². The van der Waals surface area contributed by atoms with Gasteiger partial charge in [0.2, 0.25) is 0 Å². The average molecular weight is 386 g/mol. The predicted molar refractivity (Wildman–Crippen MR) is 112 cm³/mol. The quantitative estimate of drug-likeness (QED) is 0.160. The molecular weight excluding hydrogens is 368 g/mol. The molecule has 0 saturated carbocycles. The Hall–Kier alpha value is -4.00. The smallest absolute Gasteiger partial charge is 0.276 e. The lowest BCUT2D eigenvalue weighted by atomic mass is 10.1. The first kappa shape index (κ1) is 18.4. The molecule has 2 aromatic carbocycles. The number of allylic oxidation sites excluding steroid dienone is 2. The van der Waals surface area contributed by atoms with Crippen LogP contribution < -0.4 is 0 Å². The number of hydrogen-bond donors (Lipinski definition) is 0. The minimum Gasteiger partial charge on any atom is -0.320 e. The summed E-state index contributed by atoms with van der Waals surface area (Å²) in [4.78, 5) is 23.8. The molecule has 2 heterocycles. The van der Waals surface area contributed by atoms with Crippen molar-refractivity contribution in [3.8, 4) is 0 Å². The third-order valence-electron chi connectivity index (χ3n) is 4.80. The summed E-state index contributed by atoms with van der Waals surface area (Å²) in [7, 11) is 0. The number of nitrogens with zero attached hydrogens (tertiary/aromatic N) is 4. The first-order chi connectivity index (χ1) is 14.0. The second-order valence-electron chi connectivity index (χ2n) is 6.60. The normalized spacial score (nSPS) is 11.5. The summed E-state index contributed by atoms with van der Waals surface area (Å²) < 4.78 is 3.76. The van der Waals surface area contributed by atoms with Crippen LogP contribution in [0, 0.1) is 17.0 Å². The van der Waals surface area contributed by atoms with Gasteiger partial charge < -0.3 is 4.57 Å². The van der Waals surface area contributed by atoms with Crippen LogP contribution in [0.4, 0.5) is 5.69 Å². The van der Waals surface area contributed by atoms with Crippen molar-refractivity contribution in [3.05, 3.63) is 94.2 Å². The number of fused-ring (bicyclic) bond motifs is 3. The van der Waals surface area contributed by atoms with Crippen LogP contribution in [0.3, 0.4) is 0 Å². The van der Waals surface area contributed by atoms with Gasteiger partial charge in [-0.25, -0.2) is 4.52 Å². The number of hydrogen-bond acceptors (Lipinski definition) is 4. The second-order valence-corrected chi connectivity index (χ2v) is 6.60. The van der Waals surface area contributed by atoms with Crippen molar-refractivity contribution in [2.45, 2.75) is 13.5 Å². The zero-order valence-electron chi connectivity index (χ0n) is 15.8. The fourth-order valence-electron chi connectivity index (χ4n) is 3.56. The first-order valence-corrected chi connectivity index (χ1v) is 9.06. The van der Waals surface area contributed by atoms with E-state index in [1.54, 1.807) is 35.7 Å². The Bertz CT molecular complexity index is 1310. The van der Waals surface area contributed by atoms with Crippen molar-refractivity contribution in [3.63, 3.8) is 0 Å².